The Bertz CT molecular complexity index is 934. The Labute approximate surface area is 146 Å². The number of fused-ring (bicyclic) bond motifs is 2. The second-order valence-electron chi connectivity index (χ2n) is 5.68. The summed E-state index contributed by atoms with van der Waals surface area (Å²) in [6.45, 7) is 1.77. The molecule has 1 N–H and O–H groups in total. The first-order valence-electron chi connectivity index (χ1n) is 7.56. The standard InChI is InChI=1S/C18H14BrNO4/c19-17-13-9-16(24-18(21)22)23-15(13)6-5-14(17)20-8-7-11-3-1-2-4-12(11)10-20/h1-6,9H,7-8,10H2,(H,21,22). The summed E-state index contributed by atoms with van der Waals surface area (Å²) in [7, 11) is 0. The van der Waals surface area contributed by atoms with Crippen LogP contribution in [0.25, 0.3) is 11.0 Å². The number of rotatable bonds is 2. The van der Waals surface area contributed by atoms with Gasteiger partial charge in [-0.15, -0.1) is 0 Å². The van der Waals surface area contributed by atoms with Gasteiger partial charge in [0.25, 0.3) is 5.95 Å². The average Bonchev–Trinajstić information content (AvgIpc) is 2.97. The summed E-state index contributed by atoms with van der Waals surface area (Å²) < 4.78 is 10.9. The zero-order valence-corrected chi connectivity index (χ0v) is 14.2. The molecule has 1 aliphatic heterocycles. The Morgan fingerprint density at radius 3 is 2.79 bits per heavy atom. The predicted molar refractivity (Wildman–Crippen MR) is 93.8 cm³/mol. The lowest BCUT2D eigenvalue weighted by molar-refractivity contribution is 0.134. The van der Waals surface area contributed by atoms with Gasteiger partial charge in [-0.25, -0.2) is 4.79 Å². The lowest BCUT2D eigenvalue weighted by Gasteiger charge is -2.31. The van der Waals surface area contributed by atoms with Crippen LogP contribution < -0.4 is 9.64 Å². The van der Waals surface area contributed by atoms with E-state index in [1.807, 2.05) is 12.1 Å². The number of hydrogen-bond donors (Lipinski definition) is 1. The molecule has 0 amide bonds. The maximum atomic E-state index is 10.7. The van der Waals surface area contributed by atoms with Gasteiger partial charge >= 0.3 is 6.16 Å². The van der Waals surface area contributed by atoms with Crippen LogP contribution in [0.1, 0.15) is 11.1 Å². The minimum Gasteiger partial charge on any atom is -0.449 e. The first kappa shape index (κ1) is 15.1. The topological polar surface area (TPSA) is 62.9 Å². The molecule has 5 nitrogen and oxygen atoms in total. The van der Waals surface area contributed by atoms with Crippen molar-refractivity contribution >= 4 is 38.7 Å². The molecule has 2 heterocycles. The normalized spacial score (nSPS) is 13.8. The molecule has 122 valence electrons. The van der Waals surface area contributed by atoms with Gasteiger partial charge in [0.1, 0.15) is 5.58 Å². The van der Waals surface area contributed by atoms with Crippen LogP contribution in [0.4, 0.5) is 10.5 Å². The summed E-state index contributed by atoms with van der Waals surface area (Å²) >= 11 is 3.63. The Morgan fingerprint density at radius 1 is 1.21 bits per heavy atom. The van der Waals surface area contributed by atoms with Gasteiger partial charge in [-0.3, -0.25) is 0 Å². The molecule has 0 atom stereocenters. The Morgan fingerprint density at radius 2 is 2.00 bits per heavy atom. The molecule has 0 radical (unpaired) electrons. The molecule has 1 aliphatic rings. The maximum Gasteiger partial charge on any atom is 0.513 e. The van der Waals surface area contributed by atoms with Crippen LogP contribution in [0.15, 0.2) is 51.4 Å². The zero-order valence-electron chi connectivity index (χ0n) is 12.7. The second-order valence-corrected chi connectivity index (χ2v) is 6.48. The average molecular weight is 388 g/mol. The fraction of sp³-hybridized carbons (Fsp3) is 0.167. The van der Waals surface area contributed by atoms with Gasteiger partial charge in [0.15, 0.2) is 0 Å². The van der Waals surface area contributed by atoms with Crippen molar-refractivity contribution < 1.29 is 19.1 Å². The minimum atomic E-state index is -1.39. The van der Waals surface area contributed by atoms with Gasteiger partial charge in [-0.05, 0) is 45.6 Å². The van der Waals surface area contributed by atoms with Crippen molar-refractivity contribution in [1.82, 2.24) is 0 Å². The third-order valence-corrected chi connectivity index (χ3v) is 5.08. The summed E-state index contributed by atoms with van der Waals surface area (Å²) in [6.07, 6.45) is -0.391. The Kier molecular flexibility index (Phi) is 3.69. The number of anilines is 1. The van der Waals surface area contributed by atoms with E-state index in [9.17, 15) is 4.79 Å². The fourth-order valence-electron chi connectivity index (χ4n) is 3.12. The number of halogens is 1. The first-order valence-corrected chi connectivity index (χ1v) is 8.35. The molecule has 6 heteroatoms. The van der Waals surface area contributed by atoms with Crippen LogP contribution in [0.3, 0.4) is 0 Å². The molecule has 0 spiro atoms. The smallest absolute Gasteiger partial charge is 0.449 e. The molecule has 0 unspecified atom stereocenters. The molecule has 0 saturated carbocycles. The molecule has 24 heavy (non-hydrogen) atoms. The number of ether oxygens (including phenoxy) is 1. The summed E-state index contributed by atoms with van der Waals surface area (Å²) in [5.74, 6) is -0.0284. The molecule has 0 bridgehead atoms. The fourth-order valence-corrected chi connectivity index (χ4v) is 3.82. The molecule has 0 saturated heterocycles. The van der Waals surface area contributed by atoms with Crippen LogP contribution in [-0.2, 0) is 13.0 Å². The van der Waals surface area contributed by atoms with E-state index in [1.54, 1.807) is 6.07 Å². The number of furan rings is 1. The monoisotopic (exact) mass is 387 g/mol. The van der Waals surface area contributed by atoms with Crippen molar-refractivity contribution in [3.05, 3.63) is 58.1 Å². The van der Waals surface area contributed by atoms with E-state index in [4.69, 9.17) is 9.52 Å². The molecule has 1 aromatic heterocycles. The van der Waals surface area contributed by atoms with E-state index in [2.05, 4.69) is 49.8 Å². The van der Waals surface area contributed by atoms with E-state index in [0.717, 1.165) is 35.1 Å². The van der Waals surface area contributed by atoms with Crippen molar-refractivity contribution in [1.29, 1.82) is 0 Å². The number of carbonyl (C=O) groups is 1. The predicted octanol–water partition coefficient (Wildman–Crippen LogP) is 4.81. The molecule has 0 aliphatic carbocycles. The van der Waals surface area contributed by atoms with Crippen molar-refractivity contribution in [3.63, 3.8) is 0 Å². The number of nitrogens with zero attached hydrogens (tertiary/aromatic N) is 1. The number of hydrogen-bond acceptors (Lipinski definition) is 4. The van der Waals surface area contributed by atoms with E-state index in [-0.39, 0.29) is 5.95 Å². The second kappa shape index (κ2) is 5.87. The third kappa shape index (κ3) is 2.63. The van der Waals surface area contributed by atoms with Gasteiger partial charge in [0.05, 0.1) is 10.2 Å². The highest BCUT2D eigenvalue weighted by Crippen LogP contribution is 2.39. The summed E-state index contributed by atoms with van der Waals surface area (Å²) in [4.78, 5) is 13.0. The maximum absolute atomic E-state index is 10.7. The van der Waals surface area contributed by atoms with Crippen molar-refractivity contribution in [3.8, 4) is 5.95 Å². The Balaban J connectivity index is 1.70. The molecule has 0 fully saturated rings. The number of benzene rings is 2. The molecule has 4 rings (SSSR count). The summed E-state index contributed by atoms with van der Waals surface area (Å²) in [5.41, 5.74) is 4.36. The van der Waals surface area contributed by atoms with Gasteiger partial charge in [-0.2, -0.15) is 0 Å². The third-order valence-electron chi connectivity index (χ3n) is 4.25. The SMILES string of the molecule is O=C(O)Oc1cc2c(Br)c(N3CCc4ccccc4C3)ccc2o1. The lowest BCUT2D eigenvalue weighted by Crippen LogP contribution is -2.30. The highest BCUT2D eigenvalue weighted by Gasteiger charge is 2.20. The van der Waals surface area contributed by atoms with Crippen LogP contribution >= 0.6 is 15.9 Å². The summed E-state index contributed by atoms with van der Waals surface area (Å²) in [6, 6.07) is 13.9. The first-order chi connectivity index (χ1) is 11.6. The Hall–Kier alpha value is -2.47. The van der Waals surface area contributed by atoms with E-state index < -0.39 is 6.16 Å². The highest BCUT2D eigenvalue weighted by molar-refractivity contribution is 9.10. The van der Waals surface area contributed by atoms with Crippen LogP contribution in [-0.4, -0.2) is 17.8 Å². The van der Waals surface area contributed by atoms with Crippen molar-refractivity contribution in [2.24, 2.45) is 0 Å². The van der Waals surface area contributed by atoms with Crippen molar-refractivity contribution in [2.45, 2.75) is 13.0 Å². The van der Waals surface area contributed by atoms with Crippen molar-refractivity contribution in [2.75, 3.05) is 11.4 Å². The van der Waals surface area contributed by atoms with Gasteiger partial charge in [-0.1, -0.05) is 24.3 Å². The van der Waals surface area contributed by atoms with Gasteiger partial charge in [0.2, 0.25) is 0 Å². The zero-order chi connectivity index (χ0) is 16.7. The van der Waals surface area contributed by atoms with E-state index in [0.29, 0.717) is 5.58 Å². The highest BCUT2D eigenvalue weighted by atomic mass is 79.9. The van der Waals surface area contributed by atoms with Gasteiger partial charge in [0, 0.05) is 24.5 Å². The lowest BCUT2D eigenvalue weighted by atomic mass is 9.99. The molecule has 3 aromatic rings. The molecule has 2 aromatic carbocycles. The van der Waals surface area contributed by atoms with E-state index in [1.165, 1.54) is 11.1 Å². The minimum absolute atomic E-state index is 0.0284. The quantitative estimate of drug-likeness (QED) is 0.638. The summed E-state index contributed by atoms with van der Waals surface area (Å²) in [5, 5.41) is 9.50. The van der Waals surface area contributed by atoms with E-state index >= 15 is 0 Å². The largest absolute Gasteiger partial charge is 0.513 e. The molecular weight excluding hydrogens is 374 g/mol. The van der Waals surface area contributed by atoms with Gasteiger partial charge < -0.3 is 19.2 Å². The van der Waals surface area contributed by atoms with Crippen LogP contribution in [0.5, 0.6) is 5.95 Å². The van der Waals surface area contributed by atoms with Crippen LogP contribution in [0.2, 0.25) is 0 Å². The number of carboxylic acid groups (broad SMARTS) is 1. The van der Waals surface area contributed by atoms with Crippen LogP contribution in [0, 0.1) is 0 Å². The molecular formula is C18H14BrNO4.